The van der Waals surface area contributed by atoms with Crippen LogP contribution in [0, 0.1) is 16.0 Å². The van der Waals surface area contributed by atoms with Crippen molar-refractivity contribution in [2.45, 2.75) is 39.3 Å². The van der Waals surface area contributed by atoms with Gasteiger partial charge in [0.1, 0.15) is 21.2 Å². The lowest BCUT2D eigenvalue weighted by Crippen LogP contribution is -2.29. The molecular weight excluding hydrogens is 537 g/mol. The summed E-state index contributed by atoms with van der Waals surface area (Å²) in [6.07, 6.45) is 0.489. The summed E-state index contributed by atoms with van der Waals surface area (Å²) >= 11 is 0. The fourth-order valence-electron chi connectivity index (χ4n) is 4.62. The topological polar surface area (TPSA) is 120 Å². The molecule has 0 amide bonds. The molecule has 1 saturated heterocycles. The Bertz CT molecular complexity index is 1380. The number of hydrogen-bond acceptors (Lipinski definition) is 10. The molecule has 12 heteroatoms. The summed E-state index contributed by atoms with van der Waals surface area (Å²) in [7, 11) is 5.87. The molecule has 3 aromatic rings. The Morgan fingerprint density at radius 3 is 2.55 bits per heavy atom. The number of oxime groups is 1. The lowest BCUT2D eigenvalue weighted by molar-refractivity contribution is -0.383. The average molecular weight is 573 g/mol. The van der Waals surface area contributed by atoms with E-state index in [4.69, 9.17) is 26.9 Å². The SMILES string of the molecule is [B][C@@H]1OC[C@H](C)C1OCOCC/C(C)=N/OCCN(CC)c1ccc(N=Nc2ccc([N+](=O)[O-])c3ccccc23)cc1. The molecule has 3 atom stereocenters. The average Bonchev–Trinajstić information content (AvgIpc) is 3.32. The number of nitro benzene ring substituents is 1. The Morgan fingerprint density at radius 2 is 1.86 bits per heavy atom. The molecule has 1 aliphatic heterocycles. The summed E-state index contributed by atoms with van der Waals surface area (Å²) in [5.41, 5.74) is 3.15. The number of hydrogen-bond donors (Lipinski definition) is 0. The van der Waals surface area contributed by atoms with Crippen molar-refractivity contribution in [3.8, 4) is 0 Å². The van der Waals surface area contributed by atoms with E-state index in [1.807, 2.05) is 44.2 Å². The largest absolute Gasteiger partial charge is 0.394 e. The maximum atomic E-state index is 11.4. The summed E-state index contributed by atoms with van der Waals surface area (Å²) in [6.45, 7) is 9.15. The number of azo groups is 1. The van der Waals surface area contributed by atoms with Crippen molar-refractivity contribution in [1.29, 1.82) is 0 Å². The predicted molar refractivity (Wildman–Crippen MR) is 163 cm³/mol. The van der Waals surface area contributed by atoms with Gasteiger partial charge >= 0.3 is 0 Å². The third kappa shape index (κ3) is 8.34. The second-order valence-electron chi connectivity index (χ2n) is 10.0. The minimum atomic E-state index is -0.401. The number of rotatable bonds is 15. The van der Waals surface area contributed by atoms with Gasteiger partial charge in [-0.3, -0.25) is 10.1 Å². The van der Waals surface area contributed by atoms with Crippen molar-refractivity contribution >= 4 is 47.1 Å². The molecule has 1 heterocycles. The summed E-state index contributed by atoms with van der Waals surface area (Å²) in [5.74, 6) is 0.252. The monoisotopic (exact) mass is 573 g/mol. The quantitative estimate of drug-likeness (QED) is 0.0398. The number of likely N-dealkylation sites (N-methyl/N-ethyl adjacent to an activating group) is 1. The van der Waals surface area contributed by atoms with E-state index in [-0.39, 0.29) is 24.5 Å². The van der Waals surface area contributed by atoms with Crippen molar-refractivity contribution in [3.05, 3.63) is 70.8 Å². The molecule has 1 unspecified atom stereocenters. The van der Waals surface area contributed by atoms with E-state index >= 15 is 0 Å². The first-order valence-electron chi connectivity index (χ1n) is 14.0. The molecule has 42 heavy (non-hydrogen) atoms. The zero-order valence-corrected chi connectivity index (χ0v) is 24.2. The summed E-state index contributed by atoms with van der Waals surface area (Å²) in [5, 5.41) is 25.5. The van der Waals surface area contributed by atoms with Crippen molar-refractivity contribution in [3.63, 3.8) is 0 Å². The van der Waals surface area contributed by atoms with Gasteiger partial charge in [-0.1, -0.05) is 30.3 Å². The molecule has 1 fully saturated rings. The van der Waals surface area contributed by atoms with E-state index in [0.717, 1.165) is 17.9 Å². The number of anilines is 1. The van der Waals surface area contributed by atoms with Crippen LogP contribution in [0.1, 0.15) is 27.2 Å². The first-order valence-corrected chi connectivity index (χ1v) is 14.0. The highest BCUT2D eigenvalue weighted by atomic mass is 16.7. The minimum absolute atomic E-state index is 0.0456. The van der Waals surface area contributed by atoms with E-state index in [0.29, 0.717) is 54.9 Å². The highest BCUT2D eigenvalue weighted by Crippen LogP contribution is 2.34. The van der Waals surface area contributed by atoms with Crippen LogP contribution in [0.3, 0.4) is 0 Å². The molecule has 0 aliphatic carbocycles. The number of benzene rings is 3. The smallest absolute Gasteiger partial charge is 0.277 e. The highest BCUT2D eigenvalue weighted by molar-refractivity contribution is 6.11. The van der Waals surface area contributed by atoms with Crippen LogP contribution in [0.5, 0.6) is 0 Å². The van der Waals surface area contributed by atoms with Crippen LogP contribution in [0.2, 0.25) is 0 Å². The molecule has 0 saturated carbocycles. The van der Waals surface area contributed by atoms with E-state index < -0.39 is 10.9 Å². The van der Waals surface area contributed by atoms with Crippen molar-refractivity contribution in [2.75, 3.05) is 44.6 Å². The second-order valence-corrected chi connectivity index (χ2v) is 10.0. The zero-order valence-electron chi connectivity index (χ0n) is 24.2. The molecule has 1 aliphatic rings. The Balaban J connectivity index is 1.21. The Kier molecular flexibility index (Phi) is 11.4. The molecule has 3 aromatic carbocycles. The zero-order chi connectivity index (χ0) is 29.9. The van der Waals surface area contributed by atoms with E-state index in [2.05, 4.69) is 27.2 Å². The highest BCUT2D eigenvalue weighted by Gasteiger charge is 2.31. The molecule has 0 aromatic heterocycles. The van der Waals surface area contributed by atoms with Crippen LogP contribution in [0.4, 0.5) is 22.7 Å². The van der Waals surface area contributed by atoms with Crippen LogP contribution in [0.25, 0.3) is 10.8 Å². The van der Waals surface area contributed by atoms with Gasteiger partial charge in [-0.2, -0.15) is 5.11 Å². The number of nitrogens with zero attached hydrogens (tertiary/aromatic N) is 5. The Hall–Kier alpha value is -3.87. The first kappa shape index (κ1) is 31.1. The maximum Gasteiger partial charge on any atom is 0.277 e. The standard InChI is InChI=1S/C30H36BN5O6/c1-4-35(16-18-42-34-22(3)15-17-39-20-41-29-21(2)19-40-30(29)31)24-11-9-23(10-12-24)32-33-27-13-14-28(36(37)38)26-8-6-5-7-25(26)27/h5-14,21,29-30H,4,15-20H2,1-3H3/b33-32?,34-22+/t21-,29?,30+/m0/s1. The third-order valence-corrected chi connectivity index (χ3v) is 7.01. The molecular formula is C30H36BN5O6. The Morgan fingerprint density at radius 1 is 1.10 bits per heavy atom. The number of nitro groups is 1. The van der Waals surface area contributed by atoms with Crippen molar-refractivity contribution in [1.82, 2.24) is 0 Å². The lowest BCUT2D eigenvalue weighted by Gasteiger charge is -2.22. The van der Waals surface area contributed by atoms with Gasteiger partial charge in [-0.05, 0) is 50.2 Å². The molecule has 0 N–H and O–H groups in total. The van der Waals surface area contributed by atoms with E-state index in [9.17, 15) is 10.1 Å². The second kappa shape index (κ2) is 15.4. The van der Waals surface area contributed by atoms with Gasteiger partial charge in [0.25, 0.3) is 5.69 Å². The molecule has 0 spiro atoms. The summed E-state index contributed by atoms with van der Waals surface area (Å²) in [4.78, 5) is 18.7. The fraction of sp³-hybridized carbons (Fsp3) is 0.433. The summed E-state index contributed by atoms with van der Waals surface area (Å²) < 4.78 is 16.6. The minimum Gasteiger partial charge on any atom is -0.394 e. The van der Waals surface area contributed by atoms with E-state index in [1.54, 1.807) is 24.3 Å². The van der Waals surface area contributed by atoms with Crippen LogP contribution < -0.4 is 4.90 Å². The molecule has 11 nitrogen and oxygen atoms in total. The maximum absolute atomic E-state index is 11.4. The number of fused-ring (bicyclic) bond motifs is 1. The predicted octanol–water partition coefficient (Wildman–Crippen LogP) is 6.29. The van der Waals surface area contributed by atoms with Crippen LogP contribution in [0.15, 0.2) is 76.0 Å². The lowest BCUT2D eigenvalue weighted by atomic mass is 9.90. The third-order valence-electron chi connectivity index (χ3n) is 7.01. The van der Waals surface area contributed by atoms with Gasteiger partial charge in [-0.25, -0.2) is 0 Å². The van der Waals surface area contributed by atoms with Crippen LogP contribution >= 0.6 is 0 Å². The van der Waals surface area contributed by atoms with E-state index in [1.165, 1.54) is 6.07 Å². The summed E-state index contributed by atoms with van der Waals surface area (Å²) in [6, 6.07) is 17.5. The van der Waals surface area contributed by atoms with Gasteiger partial charge in [0, 0.05) is 42.0 Å². The van der Waals surface area contributed by atoms with Gasteiger partial charge in [0.2, 0.25) is 0 Å². The number of ether oxygens (including phenoxy) is 3. The molecule has 0 bridgehead atoms. The first-order chi connectivity index (χ1) is 20.4. The van der Waals surface area contributed by atoms with Crippen molar-refractivity contribution < 1.29 is 24.0 Å². The molecule has 4 rings (SSSR count). The van der Waals surface area contributed by atoms with Crippen LogP contribution in [-0.2, 0) is 19.0 Å². The fourth-order valence-corrected chi connectivity index (χ4v) is 4.62. The van der Waals surface area contributed by atoms with Gasteiger partial charge < -0.3 is 23.9 Å². The van der Waals surface area contributed by atoms with Gasteiger partial charge in [-0.15, -0.1) is 5.11 Å². The van der Waals surface area contributed by atoms with Gasteiger partial charge in [0.15, 0.2) is 0 Å². The number of non-ortho nitro benzene ring substituents is 1. The molecule has 2 radical (unpaired) electrons. The normalized spacial score (nSPS) is 19.0. The van der Waals surface area contributed by atoms with Gasteiger partial charge in [0.05, 0.1) is 53.3 Å². The van der Waals surface area contributed by atoms with Crippen LogP contribution in [-0.4, -0.2) is 70.3 Å². The van der Waals surface area contributed by atoms with Crippen molar-refractivity contribution in [2.24, 2.45) is 21.3 Å². The molecule has 220 valence electrons. The Labute approximate surface area is 247 Å².